The molecule has 1 aromatic rings. The highest BCUT2D eigenvalue weighted by atomic mass is 32.2. The van der Waals surface area contributed by atoms with Crippen LogP contribution in [0.3, 0.4) is 0 Å². The van der Waals surface area contributed by atoms with Crippen LogP contribution in [0.15, 0.2) is 35.7 Å². The third-order valence-corrected chi connectivity index (χ3v) is 3.99. The van der Waals surface area contributed by atoms with Crippen molar-refractivity contribution in [2.75, 3.05) is 25.5 Å². The van der Waals surface area contributed by atoms with Crippen LogP contribution in [-0.4, -0.2) is 28.2 Å². The Kier molecular flexibility index (Phi) is 6.01. The molecule has 0 saturated heterocycles. The molecular formula is C13H20N2O3S. The van der Waals surface area contributed by atoms with Gasteiger partial charge in [-0.15, -0.1) is 6.58 Å². The summed E-state index contributed by atoms with van der Waals surface area (Å²) < 4.78 is 31.7. The SMILES string of the molecule is C=CCCOCCNS(=O)(=O)c1ccc(C)cc1N. The van der Waals surface area contributed by atoms with Crippen molar-refractivity contribution in [3.8, 4) is 0 Å². The average molecular weight is 284 g/mol. The molecule has 0 bridgehead atoms. The molecule has 0 amide bonds. The highest BCUT2D eigenvalue weighted by molar-refractivity contribution is 7.89. The highest BCUT2D eigenvalue weighted by Gasteiger charge is 2.16. The Hall–Kier alpha value is -1.37. The molecule has 0 aliphatic rings. The molecular weight excluding hydrogens is 264 g/mol. The number of ether oxygens (including phenoxy) is 1. The lowest BCUT2D eigenvalue weighted by molar-refractivity contribution is 0.144. The van der Waals surface area contributed by atoms with Crippen LogP contribution in [0.1, 0.15) is 12.0 Å². The Bertz CT molecular complexity index is 527. The lowest BCUT2D eigenvalue weighted by Crippen LogP contribution is -2.28. The molecule has 0 unspecified atom stereocenters. The molecule has 0 atom stereocenters. The van der Waals surface area contributed by atoms with Crippen LogP contribution < -0.4 is 10.5 Å². The maximum Gasteiger partial charge on any atom is 0.242 e. The zero-order chi connectivity index (χ0) is 14.3. The van der Waals surface area contributed by atoms with E-state index in [4.69, 9.17) is 10.5 Å². The molecule has 1 rings (SSSR count). The van der Waals surface area contributed by atoms with Gasteiger partial charge in [-0.05, 0) is 31.0 Å². The van der Waals surface area contributed by atoms with Crippen molar-refractivity contribution in [1.29, 1.82) is 0 Å². The summed E-state index contributed by atoms with van der Waals surface area (Å²) in [5.74, 6) is 0. The van der Waals surface area contributed by atoms with Crippen molar-refractivity contribution in [1.82, 2.24) is 4.72 Å². The van der Waals surface area contributed by atoms with Gasteiger partial charge < -0.3 is 10.5 Å². The number of sulfonamides is 1. The van der Waals surface area contributed by atoms with Crippen molar-refractivity contribution in [2.45, 2.75) is 18.2 Å². The third kappa shape index (κ3) is 5.02. The number of nitrogens with two attached hydrogens (primary N) is 1. The minimum Gasteiger partial charge on any atom is -0.398 e. The lowest BCUT2D eigenvalue weighted by atomic mass is 10.2. The Labute approximate surface area is 114 Å². The predicted octanol–water partition coefficient (Wildman–Crippen LogP) is 1.45. The van der Waals surface area contributed by atoms with E-state index in [0.717, 1.165) is 12.0 Å². The molecule has 0 heterocycles. The monoisotopic (exact) mass is 284 g/mol. The number of anilines is 1. The van der Waals surface area contributed by atoms with E-state index in [-0.39, 0.29) is 17.1 Å². The molecule has 0 saturated carbocycles. The van der Waals surface area contributed by atoms with E-state index in [2.05, 4.69) is 11.3 Å². The van der Waals surface area contributed by atoms with Crippen LogP contribution >= 0.6 is 0 Å². The summed E-state index contributed by atoms with van der Waals surface area (Å²) in [6.45, 7) is 6.50. The molecule has 19 heavy (non-hydrogen) atoms. The summed E-state index contributed by atoms with van der Waals surface area (Å²) in [5.41, 5.74) is 6.89. The van der Waals surface area contributed by atoms with Crippen LogP contribution in [0.25, 0.3) is 0 Å². The van der Waals surface area contributed by atoms with E-state index < -0.39 is 10.0 Å². The summed E-state index contributed by atoms with van der Waals surface area (Å²) in [4.78, 5) is 0.101. The van der Waals surface area contributed by atoms with Crippen LogP contribution in [0.4, 0.5) is 5.69 Å². The van der Waals surface area contributed by atoms with Crippen LogP contribution in [0.2, 0.25) is 0 Å². The van der Waals surface area contributed by atoms with Gasteiger partial charge in [-0.25, -0.2) is 13.1 Å². The molecule has 0 aliphatic heterocycles. The fourth-order valence-electron chi connectivity index (χ4n) is 1.51. The van der Waals surface area contributed by atoms with Crippen molar-refractivity contribution in [3.05, 3.63) is 36.4 Å². The number of benzene rings is 1. The first-order valence-electron chi connectivity index (χ1n) is 6.02. The topological polar surface area (TPSA) is 81.4 Å². The fourth-order valence-corrected chi connectivity index (χ4v) is 2.63. The Balaban J connectivity index is 2.54. The largest absolute Gasteiger partial charge is 0.398 e. The maximum absolute atomic E-state index is 12.0. The average Bonchev–Trinajstić information content (AvgIpc) is 2.33. The lowest BCUT2D eigenvalue weighted by Gasteiger charge is -2.09. The fraction of sp³-hybridized carbons (Fsp3) is 0.385. The first-order valence-corrected chi connectivity index (χ1v) is 7.50. The summed E-state index contributed by atoms with van der Waals surface area (Å²) in [5, 5.41) is 0. The Morgan fingerprint density at radius 3 is 2.79 bits per heavy atom. The molecule has 0 aromatic heterocycles. The number of hydrogen-bond acceptors (Lipinski definition) is 4. The normalized spacial score (nSPS) is 11.4. The van der Waals surface area contributed by atoms with Gasteiger partial charge in [-0.3, -0.25) is 0 Å². The predicted molar refractivity (Wildman–Crippen MR) is 76.4 cm³/mol. The summed E-state index contributed by atoms with van der Waals surface area (Å²) in [7, 11) is -3.58. The minimum absolute atomic E-state index is 0.101. The van der Waals surface area contributed by atoms with Gasteiger partial charge in [0.2, 0.25) is 10.0 Å². The van der Waals surface area contributed by atoms with Gasteiger partial charge in [-0.2, -0.15) is 0 Å². The van der Waals surface area contributed by atoms with Gasteiger partial charge in [0, 0.05) is 6.54 Å². The molecule has 0 aliphatic carbocycles. The van der Waals surface area contributed by atoms with E-state index in [9.17, 15) is 8.42 Å². The number of nitrogen functional groups attached to an aromatic ring is 1. The number of hydrogen-bond donors (Lipinski definition) is 2. The van der Waals surface area contributed by atoms with Crippen molar-refractivity contribution in [3.63, 3.8) is 0 Å². The minimum atomic E-state index is -3.58. The zero-order valence-corrected chi connectivity index (χ0v) is 11.9. The second-order valence-electron chi connectivity index (χ2n) is 4.13. The van der Waals surface area contributed by atoms with Gasteiger partial charge in [-0.1, -0.05) is 12.1 Å². The van der Waals surface area contributed by atoms with Gasteiger partial charge >= 0.3 is 0 Å². The second-order valence-corrected chi connectivity index (χ2v) is 5.86. The van der Waals surface area contributed by atoms with Crippen molar-refractivity contribution < 1.29 is 13.2 Å². The Morgan fingerprint density at radius 2 is 2.16 bits per heavy atom. The number of aryl methyl sites for hydroxylation is 1. The molecule has 106 valence electrons. The van der Waals surface area contributed by atoms with E-state index >= 15 is 0 Å². The molecule has 6 heteroatoms. The van der Waals surface area contributed by atoms with Gasteiger partial charge in [0.1, 0.15) is 4.90 Å². The first kappa shape index (κ1) is 15.7. The van der Waals surface area contributed by atoms with Gasteiger partial charge in [0.25, 0.3) is 0 Å². The first-order chi connectivity index (χ1) is 8.97. The van der Waals surface area contributed by atoms with Gasteiger partial charge in [0.15, 0.2) is 0 Å². The molecule has 0 spiro atoms. The van der Waals surface area contributed by atoms with Crippen LogP contribution in [0, 0.1) is 6.92 Å². The third-order valence-electron chi connectivity index (χ3n) is 2.46. The van der Waals surface area contributed by atoms with E-state index in [0.29, 0.717) is 13.2 Å². The van der Waals surface area contributed by atoms with Crippen LogP contribution in [0.5, 0.6) is 0 Å². The second kappa shape index (κ2) is 7.28. The highest BCUT2D eigenvalue weighted by Crippen LogP contribution is 2.18. The molecule has 5 nitrogen and oxygen atoms in total. The van der Waals surface area contributed by atoms with E-state index in [1.807, 2.05) is 6.92 Å². The van der Waals surface area contributed by atoms with Crippen molar-refractivity contribution in [2.24, 2.45) is 0 Å². The molecule has 0 fully saturated rings. The molecule has 1 aromatic carbocycles. The zero-order valence-electron chi connectivity index (χ0n) is 11.1. The number of rotatable bonds is 8. The smallest absolute Gasteiger partial charge is 0.242 e. The Morgan fingerprint density at radius 1 is 1.42 bits per heavy atom. The quantitative estimate of drug-likeness (QED) is 0.430. The standard InChI is InChI=1S/C13H20N2O3S/c1-3-4-8-18-9-7-15-19(16,17)13-6-5-11(2)10-12(13)14/h3,5-6,10,15H,1,4,7-9,14H2,2H3. The van der Waals surface area contributed by atoms with Crippen molar-refractivity contribution >= 4 is 15.7 Å². The van der Waals surface area contributed by atoms with E-state index in [1.165, 1.54) is 6.07 Å². The van der Waals surface area contributed by atoms with Crippen LogP contribution in [-0.2, 0) is 14.8 Å². The summed E-state index contributed by atoms with van der Waals surface area (Å²) in [6.07, 6.45) is 2.49. The number of nitrogens with one attached hydrogen (secondary N) is 1. The van der Waals surface area contributed by atoms with Gasteiger partial charge in [0.05, 0.1) is 18.9 Å². The summed E-state index contributed by atoms with van der Waals surface area (Å²) in [6, 6.07) is 4.85. The molecule has 0 radical (unpaired) electrons. The van der Waals surface area contributed by atoms with E-state index in [1.54, 1.807) is 18.2 Å². The molecule has 3 N–H and O–H groups in total. The maximum atomic E-state index is 12.0. The summed E-state index contributed by atoms with van der Waals surface area (Å²) >= 11 is 0.